The molecule has 0 spiro atoms. The average molecular weight is 608 g/mol. The molecule has 48 heavy (non-hydrogen) atoms. The van der Waals surface area contributed by atoms with Crippen LogP contribution in [0.3, 0.4) is 0 Å². The lowest BCUT2D eigenvalue weighted by molar-refractivity contribution is 0.424. The first-order valence-electron chi connectivity index (χ1n) is 16.7. The van der Waals surface area contributed by atoms with Crippen molar-refractivity contribution < 1.29 is 9.47 Å². The SMILES string of the molecule is c1ccc2c(c1)Oc1c3c(cc4c1B2n1c2ccccc2c2cccc-4c21)B1c2c(cccc2-c2cccc4c5ccccc5n1c24)O3. The van der Waals surface area contributed by atoms with Gasteiger partial charge in [0.05, 0.1) is 0 Å². The Labute approximate surface area is 275 Å². The van der Waals surface area contributed by atoms with E-state index in [1.54, 1.807) is 0 Å². The molecule has 2 aromatic heterocycles. The maximum Gasteiger partial charge on any atom is 0.336 e. The van der Waals surface area contributed by atoms with Crippen LogP contribution in [0.5, 0.6) is 23.0 Å². The van der Waals surface area contributed by atoms with Gasteiger partial charge in [-0.1, -0.05) is 109 Å². The van der Waals surface area contributed by atoms with Crippen LogP contribution < -0.4 is 31.3 Å². The molecule has 7 aromatic carbocycles. The maximum atomic E-state index is 7.09. The zero-order chi connectivity index (χ0) is 30.8. The van der Waals surface area contributed by atoms with Crippen molar-refractivity contribution in [2.45, 2.75) is 0 Å². The van der Waals surface area contributed by atoms with Crippen LogP contribution in [0.1, 0.15) is 0 Å². The third-order valence-corrected chi connectivity index (χ3v) is 11.4. The smallest absolute Gasteiger partial charge is 0.336 e. The second-order valence-corrected chi connectivity index (χ2v) is 13.5. The van der Waals surface area contributed by atoms with Gasteiger partial charge in [-0.25, -0.2) is 0 Å². The summed E-state index contributed by atoms with van der Waals surface area (Å²) in [6, 6.07) is 48.7. The van der Waals surface area contributed by atoms with Gasteiger partial charge in [0.25, 0.3) is 0 Å². The minimum Gasteiger partial charge on any atom is -0.454 e. The summed E-state index contributed by atoms with van der Waals surface area (Å²) in [5.41, 5.74) is 14.7. The summed E-state index contributed by atoms with van der Waals surface area (Å²) in [4.78, 5) is 0. The van der Waals surface area contributed by atoms with Crippen molar-refractivity contribution in [3.63, 3.8) is 0 Å². The highest BCUT2D eigenvalue weighted by molar-refractivity contribution is 6.91. The van der Waals surface area contributed by atoms with Gasteiger partial charge >= 0.3 is 13.7 Å². The minimum absolute atomic E-state index is 0.0509. The molecule has 6 heterocycles. The van der Waals surface area contributed by atoms with Gasteiger partial charge in [0.15, 0.2) is 11.5 Å². The molecule has 0 fully saturated rings. The van der Waals surface area contributed by atoms with Gasteiger partial charge in [-0.3, -0.25) is 0 Å². The van der Waals surface area contributed by atoms with E-state index in [4.69, 9.17) is 9.47 Å². The molecule has 4 aliphatic heterocycles. The standard InChI is InChI=1S/C42H22B2N2O2/c1-4-18-33-24(11-1)27-14-8-16-29-30-22-32-41(42-38(30)43(45(33)40(27)29)31-17-3-6-20-35(31)47-42)48-36-21-9-12-25-28-15-7-13-26-23-10-2-5-19-34(23)46(39(26)28)44(32)37(25)36/h1-22H. The maximum absolute atomic E-state index is 7.09. The third-order valence-electron chi connectivity index (χ3n) is 11.4. The van der Waals surface area contributed by atoms with Crippen LogP contribution in [0.2, 0.25) is 0 Å². The molecule has 218 valence electrons. The van der Waals surface area contributed by atoms with Crippen LogP contribution in [0.15, 0.2) is 133 Å². The minimum atomic E-state index is -0.0787. The number of hydrogen-bond acceptors (Lipinski definition) is 2. The van der Waals surface area contributed by atoms with E-state index in [1.807, 2.05) is 0 Å². The molecule has 4 aliphatic rings. The molecular formula is C42H22B2N2O2. The quantitative estimate of drug-likeness (QED) is 0.168. The molecule has 0 saturated heterocycles. The van der Waals surface area contributed by atoms with Gasteiger partial charge in [0.1, 0.15) is 11.5 Å². The van der Waals surface area contributed by atoms with E-state index in [0.717, 1.165) is 28.5 Å². The lowest BCUT2D eigenvalue weighted by Crippen LogP contribution is -2.58. The molecule has 6 heteroatoms. The van der Waals surface area contributed by atoms with Gasteiger partial charge in [-0.2, -0.15) is 0 Å². The molecule has 0 atom stereocenters. The van der Waals surface area contributed by atoms with Crippen molar-refractivity contribution in [1.82, 2.24) is 8.96 Å². The molecule has 0 unspecified atom stereocenters. The molecule has 0 bridgehead atoms. The normalized spacial score (nSPS) is 14.1. The molecule has 13 rings (SSSR count). The first-order valence-corrected chi connectivity index (χ1v) is 16.7. The summed E-state index contributed by atoms with van der Waals surface area (Å²) in [5.74, 6) is 3.42. The van der Waals surface area contributed by atoms with E-state index in [9.17, 15) is 0 Å². The second-order valence-electron chi connectivity index (χ2n) is 13.5. The van der Waals surface area contributed by atoms with Gasteiger partial charge in [0, 0.05) is 65.7 Å². The highest BCUT2D eigenvalue weighted by Gasteiger charge is 2.48. The first-order chi connectivity index (χ1) is 23.8. The summed E-state index contributed by atoms with van der Waals surface area (Å²) in [7, 11) is 0. The molecule has 0 aliphatic carbocycles. The summed E-state index contributed by atoms with van der Waals surface area (Å²) in [6.07, 6.45) is 0. The van der Waals surface area contributed by atoms with E-state index < -0.39 is 0 Å². The molecule has 9 aromatic rings. The van der Waals surface area contributed by atoms with E-state index in [-0.39, 0.29) is 13.7 Å². The summed E-state index contributed by atoms with van der Waals surface area (Å²) < 4.78 is 19.3. The Morgan fingerprint density at radius 3 is 1.69 bits per heavy atom. The number of para-hydroxylation sites is 5. The van der Waals surface area contributed by atoms with Crippen molar-refractivity contribution in [3.05, 3.63) is 133 Å². The fourth-order valence-electron chi connectivity index (χ4n) is 9.67. The molecule has 0 saturated carbocycles. The summed E-state index contributed by atoms with van der Waals surface area (Å²) in [5, 5.41) is 5.11. The summed E-state index contributed by atoms with van der Waals surface area (Å²) >= 11 is 0. The number of aromatic nitrogens is 2. The first kappa shape index (κ1) is 24.1. The topological polar surface area (TPSA) is 28.3 Å². The van der Waals surface area contributed by atoms with E-state index in [0.29, 0.717) is 0 Å². The molecule has 0 N–H and O–H groups in total. The van der Waals surface area contributed by atoms with Crippen molar-refractivity contribution in [1.29, 1.82) is 0 Å². The fraction of sp³-hybridized carbons (Fsp3) is 0. The van der Waals surface area contributed by atoms with Crippen LogP contribution in [-0.2, 0) is 0 Å². The van der Waals surface area contributed by atoms with Crippen LogP contribution in [-0.4, -0.2) is 22.7 Å². The largest absolute Gasteiger partial charge is 0.454 e. The number of benzene rings is 7. The third kappa shape index (κ3) is 2.58. The summed E-state index contributed by atoms with van der Waals surface area (Å²) in [6.45, 7) is -0.130. The van der Waals surface area contributed by atoms with E-state index in [1.165, 1.54) is 82.3 Å². The highest BCUT2D eigenvalue weighted by atomic mass is 16.5. The Morgan fingerprint density at radius 1 is 0.396 bits per heavy atom. The zero-order valence-electron chi connectivity index (χ0n) is 25.6. The zero-order valence-corrected chi connectivity index (χ0v) is 25.6. The van der Waals surface area contributed by atoms with E-state index in [2.05, 4.69) is 142 Å². The monoisotopic (exact) mass is 608 g/mol. The lowest BCUT2D eigenvalue weighted by Gasteiger charge is -2.39. The Hall–Kier alpha value is -6.13. The second kappa shape index (κ2) is 8.04. The highest BCUT2D eigenvalue weighted by Crippen LogP contribution is 2.48. The fourth-order valence-corrected chi connectivity index (χ4v) is 9.67. The average Bonchev–Trinajstić information content (AvgIpc) is 3.66. The Kier molecular flexibility index (Phi) is 4.04. The number of nitrogens with zero attached hydrogens (tertiary/aromatic N) is 2. The van der Waals surface area contributed by atoms with Crippen LogP contribution in [0.4, 0.5) is 0 Å². The van der Waals surface area contributed by atoms with Gasteiger partial charge in [0.2, 0.25) is 0 Å². The molecular weight excluding hydrogens is 586 g/mol. The van der Waals surface area contributed by atoms with Crippen LogP contribution >= 0.6 is 0 Å². The van der Waals surface area contributed by atoms with Crippen molar-refractivity contribution in [2.75, 3.05) is 0 Å². The number of rotatable bonds is 0. The van der Waals surface area contributed by atoms with E-state index >= 15 is 0 Å². The Bertz CT molecular complexity index is 2990. The lowest BCUT2D eigenvalue weighted by atomic mass is 9.42. The number of fused-ring (bicyclic) bond motifs is 15. The van der Waals surface area contributed by atoms with Gasteiger partial charge < -0.3 is 18.4 Å². The molecule has 0 radical (unpaired) electrons. The molecule has 4 nitrogen and oxygen atoms in total. The van der Waals surface area contributed by atoms with Gasteiger partial charge in [-0.05, 0) is 46.3 Å². The Balaban J connectivity index is 1.22. The van der Waals surface area contributed by atoms with Gasteiger partial charge in [-0.15, -0.1) is 0 Å². The van der Waals surface area contributed by atoms with Crippen LogP contribution in [0, 0.1) is 0 Å². The number of ether oxygens (including phenoxy) is 2. The molecule has 0 amide bonds. The predicted molar refractivity (Wildman–Crippen MR) is 197 cm³/mol. The van der Waals surface area contributed by atoms with Crippen molar-refractivity contribution >= 4 is 79.2 Å². The van der Waals surface area contributed by atoms with Crippen LogP contribution in [0.25, 0.3) is 65.9 Å². The predicted octanol–water partition coefficient (Wildman–Crippen LogP) is 7.38. The van der Waals surface area contributed by atoms with Crippen molar-refractivity contribution in [2.24, 2.45) is 0 Å². The number of hydrogen-bond donors (Lipinski definition) is 0. The Morgan fingerprint density at radius 2 is 0.938 bits per heavy atom. The van der Waals surface area contributed by atoms with Crippen molar-refractivity contribution in [3.8, 4) is 45.3 Å².